The molecule has 1 heterocycles. The van der Waals surface area contributed by atoms with Crippen LogP contribution in [0.2, 0.25) is 0 Å². The molecular formula is C11H13N3OS. The van der Waals surface area contributed by atoms with Crippen molar-refractivity contribution in [3.8, 4) is 0 Å². The molecule has 0 radical (unpaired) electrons. The Morgan fingerprint density at radius 3 is 2.94 bits per heavy atom. The minimum Gasteiger partial charge on any atom is -0.338 e. The lowest BCUT2D eigenvalue weighted by Gasteiger charge is -2.02. The van der Waals surface area contributed by atoms with Crippen molar-refractivity contribution in [2.45, 2.75) is 13.5 Å². The van der Waals surface area contributed by atoms with Crippen LogP contribution in [-0.4, -0.2) is 17.6 Å². The number of aromatic nitrogens is 1. The van der Waals surface area contributed by atoms with Gasteiger partial charge in [0.05, 0.1) is 16.8 Å². The number of amides is 2. The number of para-hydroxylation sites is 1. The first-order chi connectivity index (χ1) is 7.79. The summed E-state index contributed by atoms with van der Waals surface area (Å²) in [6.07, 6.45) is 0. The molecule has 5 heteroatoms. The molecule has 0 fully saturated rings. The average Bonchev–Trinajstić information content (AvgIpc) is 2.69. The Labute approximate surface area is 97.7 Å². The molecule has 4 nitrogen and oxygen atoms in total. The van der Waals surface area contributed by atoms with Gasteiger partial charge in [-0.2, -0.15) is 0 Å². The van der Waals surface area contributed by atoms with Gasteiger partial charge in [0.2, 0.25) is 0 Å². The largest absolute Gasteiger partial charge is 0.338 e. The monoisotopic (exact) mass is 235 g/mol. The molecule has 2 aromatic rings. The molecule has 0 unspecified atom stereocenters. The summed E-state index contributed by atoms with van der Waals surface area (Å²) in [7, 11) is 0. The minimum atomic E-state index is -0.151. The highest BCUT2D eigenvalue weighted by Crippen LogP contribution is 2.20. The Bertz CT molecular complexity index is 462. The molecule has 0 saturated heterocycles. The number of carbonyl (C=O) groups excluding carboxylic acids is 1. The van der Waals surface area contributed by atoms with Crippen LogP contribution < -0.4 is 10.6 Å². The van der Waals surface area contributed by atoms with Gasteiger partial charge in [-0.1, -0.05) is 12.1 Å². The summed E-state index contributed by atoms with van der Waals surface area (Å²) in [4.78, 5) is 15.6. The zero-order valence-electron chi connectivity index (χ0n) is 8.99. The van der Waals surface area contributed by atoms with Gasteiger partial charge in [-0.15, -0.1) is 11.3 Å². The third-order valence-corrected chi connectivity index (χ3v) is 3.11. The third kappa shape index (κ3) is 2.49. The van der Waals surface area contributed by atoms with Crippen LogP contribution in [0.4, 0.5) is 4.79 Å². The predicted molar refractivity (Wildman–Crippen MR) is 65.5 cm³/mol. The molecule has 0 atom stereocenters. The first kappa shape index (κ1) is 10.9. The SMILES string of the molecule is CCNC(=O)NCc1nc2ccccc2s1. The van der Waals surface area contributed by atoms with Gasteiger partial charge < -0.3 is 10.6 Å². The smallest absolute Gasteiger partial charge is 0.315 e. The highest BCUT2D eigenvalue weighted by molar-refractivity contribution is 7.18. The Morgan fingerprint density at radius 2 is 2.19 bits per heavy atom. The van der Waals surface area contributed by atoms with Crippen molar-refractivity contribution in [2.75, 3.05) is 6.54 Å². The van der Waals surface area contributed by atoms with E-state index >= 15 is 0 Å². The minimum absolute atomic E-state index is 0.151. The summed E-state index contributed by atoms with van der Waals surface area (Å²) in [5.41, 5.74) is 0.986. The van der Waals surface area contributed by atoms with Crippen molar-refractivity contribution in [3.05, 3.63) is 29.3 Å². The number of thiazole rings is 1. The van der Waals surface area contributed by atoms with Crippen molar-refractivity contribution in [3.63, 3.8) is 0 Å². The van der Waals surface area contributed by atoms with Gasteiger partial charge >= 0.3 is 6.03 Å². The standard InChI is InChI=1S/C11H13N3OS/c1-2-12-11(15)13-7-10-14-8-5-3-4-6-9(8)16-10/h3-6H,2,7H2,1H3,(H2,12,13,15). The van der Waals surface area contributed by atoms with Gasteiger partial charge in [0.15, 0.2) is 0 Å². The maximum atomic E-state index is 11.2. The molecule has 0 saturated carbocycles. The number of hydrogen-bond donors (Lipinski definition) is 2. The van der Waals surface area contributed by atoms with Crippen molar-refractivity contribution < 1.29 is 4.79 Å². The number of hydrogen-bond acceptors (Lipinski definition) is 3. The second-order valence-corrected chi connectivity index (χ2v) is 4.40. The van der Waals surface area contributed by atoms with Gasteiger partial charge in [0.1, 0.15) is 5.01 Å². The Balaban J connectivity index is 2.02. The van der Waals surface area contributed by atoms with Gasteiger partial charge in [0, 0.05) is 6.54 Å². The van der Waals surface area contributed by atoms with Crippen molar-refractivity contribution in [1.29, 1.82) is 0 Å². The second-order valence-electron chi connectivity index (χ2n) is 3.29. The molecule has 2 amide bonds. The van der Waals surface area contributed by atoms with E-state index in [-0.39, 0.29) is 6.03 Å². The molecule has 0 bridgehead atoms. The number of rotatable bonds is 3. The van der Waals surface area contributed by atoms with E-state index in [2.05, 4.69) is 15.6 Å². The zero-order chi connectivity index (χ0) is 11.4. The van der Waals surface area contributed by atoms with E-state index in [0.29, 0.717) is 13.1 Å². The van der Waals surface area contributed by atoms with Crippen LogP contribution in [0.3, 0.4) is 0 Å². The fraction of sp³-hybridized carbons (Fsp3) is 0.273. The maximum absolute atomic E-state index is 11.2. The van der Waals surface area contributed by atoms with Crippen LogP contribution >= 0.6 is 11.3 Å². The predicted octanol–water partition coefficient (Wildman–Crippen LogP) is 2.12. The Kier molecular flexibility index (Phi) is 3.36. The van der Waals surface area contributed by atoms with Crippen LogP contribution in [-0.2, 0) is 6.54 Å². The van der Waals surface area contributed by atoms with Crippen LogP contribution in [0.25, 0.3) is 10.2 Å². The zero-order valence-corrected chi connectivity index (χ0v) is 9.80. The van der Waals surface area contributed by atoms with E-state index < -0.39 is 0 Å². The molecule has 0 aliphatic carbocycles. The van der Waals surface area contributed by atoms with Crippen LogP contribution in [0.15, 0.2) is 24.3 Å². The number of fused-ring (bicyclic) bond motifs is 1. The average molecular weight is 235 g/mol. The van der Waals surface area contributed by atoms with Crippen molar-refractivity contribution in [1.82, 2.24) is 15.6 Å². The van der Waals surface area contributed by atoms with E-state index in [1.807, 2.05) is 31.2 Å². The Morgan fingerprint density at radius 1 is 1.38 bits per heavy atom. The number of urea groups is 1. The van der Waals surface area contributed by atoms with Crippen LogP contribution in [0.5, 0.6) is 0 Å². The Hall–Kier alpha value is -1.62. The van der Waals surface area contributed by atoms with Crippen molar-refractivity contribution in [2.24, 2.45) is 0 Å². The second kappa shape index (κ2) is 4.94. The molecule has 0 aliphatic rings. The molecule has 84 valence electrons. The summed E-state index contributed by atoms with van der Waals surface area (Å²) in [6, 6.07) is 7.80. The third-order valence-electron chi connectivity index (χ3n) is 2.08. The van der Waals surface area contributed by atoms with Crippen LogP contribution in [0, 0.1) is 0 Å². The topological polar surface area (TPSA) is 54.0 Å². The summed E-state index contributed by atoms with van der Waals surface area (Å²) < 4.78 is 1.15. The van der Waals surface area contributed by atoms with Crippen LogP contribution in [0.1, 0.15) is 11.9 Å². The quantitative estimate of drug-likeness (QED) is 0.856. The molecule has 1 aromatic heterocycles. The normalized spacial score (nSPS) is 10.3. The van der Waals surface area contributed by atoms with E-state index in [1.54, 1.807) is 11.3 Å². The fourth-order valence-corrected chi connectivity index (χ4v) is 2.28. The van der Waals surface area contributed by atoms with Gasteiger partial charge in [-0.05, 0) is 19.1 Å². The molecule has 0 aliphatic heterocycles. The summed E-state index contributed by atoms with van der Waals surface area (Å²) in [6.45, 7) is 2.99. The molecular weight excluding hydrogens is 222 g/mol. The first-order valence-corrected chi connectivity index (χ1v) is 5.97. The lowest BCUT2D eigenvalue weighted by Crippen LogP contribution is -2.34. The number of carbonyl (C=O) groups is 1. The lowest BCUT2D eigenvalue weighted by molar-refractivity contribution is 0.241. The number of nitrogens with one attached hydrogen (secondary N) is 2. The number of benzene rings is 1. The van der Waals surface area contributed by atoms with Gasteiger partial charge in [-0.3, -0.25) is 0 Å². The van der Waals surface area contributed by atoms with Gasteiger partial charge in [-0.25, -0.2) is 9.78 Å². The number of nitrogens with zero attached hydrogens (tertiary/aromatic N) is 1. The lowest BCUT2D eigenvalue weighted by atomic mass is 10.3. The maximum Gasteiger partial charge on any atom is 0.315 e. The first-order valence-electron chi connectivity index (χ1n) is 5.15. The van der Waals surface area contributed by atoms with Gasteiger partial charge in [0.25, 0.3) is 0 Å². The van der Waals surface area contributed by atoms with E-state index in [4.69, 9.17) is 0 Å². The van der Waals surface area contributed by atoms with E-state index in [9.17, 15) is 4.79 Å². The molecule has 0 spiro atoms. The summed E-state index contributed by atoms with van der Waals surface area (Å²) in [5, 5.41) is 6.36. The van der Waals surface area contributed by atoms with E-state index in [0.717, 1.165) is 15.2 Å². The molecule has 2 rings (SSSR count). The van der Waals surface area contributed by atoms with E-state index in [1.165, 1.54) is 0 Å². The molecule has 16 heavy (non-hydrogen) atoms. The highest BCUT2D eigenvalue weighted by Gasteiger charge is 2.04. The summed E-state index contributed by atoms with van der Waals surface area (Å²) >= 11 is 1.60. The molecule has 2 N–H and O–H groups in total. The van der Waals surface area contributed by atoms with Crippen molar-refractivity contribution >= 4 is 27.6 Å². The fourth-order valence-electron chi connectivity index (χ4n) is 1.37. The molecule has 1 aromatic carbocycles. The highest BCUT2D eigenvalue weighted by atomic mass is 32.1. The summed E-state index contributed by atoms with van der Waals surface area (Å²) in [5.74, 6) is 0.